The summed E-state index contributed by atoms with van der Waals surface area (Å²) in [6.07, 6.45) is 3.62. The monoisotopic (exact) mass is 389 g/mol. The second-order valence-electron chi connectivity index (χ2n) is 6.96. The molecule has 0 unspecified atom stereocenters. The summed E-state index contributed by atoms with van der Waals surface area (Å²) in [6, 6.07) is 3.53. The van der Waals surface area contributed by atoms with Gasteiger partial charge in [0.1, 0.15) is 5.82 Å². The van der Waals surface area contributed by atoms with Crippen LogP contribution in [0.1, 0.15) is 30.1 Å². The smallest absolute Gasteiger partial charge is 0.409 e. The van der Waals surface area contributed by atoms with Crippen molar-refractivity contribution in [2.45, 2.75) is 25.8 Å². The van der Waals surface area contributed by atoms with Gasteiger partial charge in [0, 0.05) is 57.1 Å². The van der Waals surface area contributed by atoms with E-state index in [0.29, 0.717) is 64.3 Å². The fourth-order valence-corrected chi connectivity index (χ4v) is 3.48. The maximum absolute atomic E-state index is 12.6. The number of nitrogens with one attached hydrogen (secondary N) is 1. The number of pyridine rings is 1. The SMILES string of the molecule is CCOC(=O)N1CCC(NC(=O)c2ccnc(N3CCN(C=O)CC3)c2)CC1. The van der Waals surface area contributed by atoms with Crippen LogP contribution >= 0.6 is 0 Å². The van der Waals surface area contributed by atoms with Crippen LogP contribution in [0.15, 0.2) is 18.3 Å². The van der Waals surface area contributed by atoms with Crippen molar-refractivity contribution in [1.82, 2.24) is 20.1 Å². The molecule has 2 fully saturated rings. The zero-order valence-electron chi connectivity index (χ0n) is 16.2. The molecule has 1 aromatic heterocycles. The molecule has 2 aliphatic heterocycles. The Kier molecular flexibility index (Phi) is 6.67. The summed E-state index contributed by atoms with van der Waals surface area (Å²) in [7, 11) is 0. The Morgan fingerprint density at radius 3 is 2.57 bits per heavy atom. The highest BCUT2D eigenvalue weighted by molar-refractivity contribution is 5.95. The predicted molar refractivity (Wildman–Crippen MR) is 103 cm³/mol. The van der Waals surface area contributed by atoms with Gasteiger partial charge in [0.2, 0.25) is 6.41 Å². The number of anilines is 1. The minimum absolute atomic E-state index is 0.0333. The van der Waals surface area contributed by atoms with Gasteiger partial charge in [0.25, 0.3) is 5.91 Å². The van der Waals surface area contributed by atoms with Gasteiger partial charge in [-0.05, 0) is 31.9 Å². The van der Waals surface area contributed by atoms with Crippen LogP contribution in [0.5, 0.6) is 0 Å². The summed E-state index contributed by atoms with van der Waals surface area (Å²) in [6.45, 7) is 6.01. The van der Waals surface area contributed by atoms with E-state index in [-0.39, 0.29) is 18.0 Å². The number of piperazine rings is 1. The van der Waals surface area contributed by atoms with E-state index >= 15 is 0 Å². The largest absolute Gasteiger partial charge is 0.450 e. The number of likely N-dealkylation sites (tertiary alicyclic amines) is 1. The Morgan fingerprint density at radius 2 is 1.93 bits per heavy atom. The first kappa shape index (κ1) is 19.9. The van der Waals surface area contributed by atoms with Crippen molar-refractivity contribution in [3.05, 3.63) is 23.9 Å². The fraction of sp³-hybridized carbons (Fsp3) is 0.579. The summed E-state index contributed by atoms with van der Waals surface area (Å²) in [4.78, 5) is 45.1. The average molecular weight is 389 g/mol. The maximum atomic E-state index is 12.6. The lowest BCUT2D eigenvalue weighted by molar-refractivity contribution is -0.118. The molecule has 1 N–H and O–H groups in total. The highest BCUT2D eigenvalue weighted by Gasteiger charge is 2.25. The molecule has 3 heterocycles. The van der Waals surface area contributed by atoms with E-state index in [4.69, 9.17) is 4.74 Å². The molecule has 3 amide bonds. The first-order chi connectivity index (χ1) is 13.6. The normalized spacial score (nSPS) is 18.0. The first-order valence-electron chi connectivity index (χ1n) is 9.73. The Labute approximate surface area is 164 Å². The van der Waals surface area contributed by atoms with Gasteiger partial charge >= 0.3 is 6.09 Å². The summed E-state index contributed by atoms with van der Waals surface area (Å²) in [5.41, 5.74) is 0.565. The number of carbonyl (C=O) groups excluding carboxylic acids is 3. The third-order valence-corrected chi connectivity index (χ3v) is 5.15. The van der Waals surface area contributed by atoms with E-state index in [2.05, 4.69) is 15.2 Å². The minimum atomic E-state index is -0.291. The summed E-state index contributed by atoms with van der Waals surface area (Å²) >= 11 is 0. The number of hydrogen-bond acceptors (Lipinski definition) is 6. The van der Waals surface area contributed by atoms with Gasteiger partial charge in [-0.15, -0.1) is 0 Å². The molecule has 9 heteroatoms. The quantitative estimate of drug-likeness (QED) is 0.746. The predicted octanol–water partition coefficient (Wildman–Crippen LogP) is 0.711. The molecule has 3 rings (SSSR count). The van der Waals surface area contributed by atoms with Crippen molar-refractivity contribution in [1.29, 1.82) is 0 Å². The molecule has 0 radical (unpaired) electrons. The standard InChI is InChI=1S/C19H27N5O4/c1-2-28-19(27)24-7-4-16(5-8-24)21-18(26)15-3-6-20-17(13-15)23-11-9-22(14-25)10-12-23/h3,6,13-14,16H,2,4-5,7-12H2,1H3,(H,21,26). The Hall–Kier alpha value is -2.84. The van der Waals surface area contributed by atoms with E-state index in [1.807, 2.05) is 0 Å². The van der Waals surface area contributed by atoms with E-state index in [1.54, 1.807) is 35.1 Å². The van der Waals surface area contributed by atoms with Gasteiger partial charge in [-0.2, -0.15) is 0 Å². The number of carbonyl (C=O) groups is 3. The topological polar surface area (TPSA) is 95.1 Å². The Balaban J connectivity index is 1.53. The van der Waals surface area contributed by atoms with Crippen LogP contribution in [0.4, 0.5) is 10.6 Å². The molecule has 2 saturated heterocycles. The number of aromatic nitrogens is 1. The molecule has 0 spiro atoms. The van der Waals surface area contributed by atoms with Crippen LogP contribution in [0.3, 0.4) is 0 Å². The van der Waals surface area contributed by atoms with Crippen LogP contribution in [-0.4, -0.2) is 85.1 Å². The minimum Gasteiger partial charge on any atom is -0.450 e. The molecule has 1 aromatic rings. The molecule has 9 nitrogen and oxygen atoms in total. The molecule has 0 aliphatic carbocycles. The Morgan fingerprint density at radius 1 is 1.21 bits per heavy atom. The number of rotatable bonds is 5. The van der Waals surface area contributed by atoms with E-state index in [1.165, 1.54) is 0 Å². The molecule has 0 atom stereocenters. The number of hydrogen-bond donors (Lipinski definition) is 1. The second-order valence-corrected chi connectivity index (χ2v) is 6.96. The maximum Gasteiger partial charge on any atom is 0.409 e. The molecular weight excluding hydrogens is 362 g/mol. The molecular formula is C19H27N5O4. The molecule has 0 aromatic carbocycles. The Bertz CT molecular complexity index is 697. The number of nitrogens with zero attached hydrogens (tertiary/aromatic N) is 4. The van der Waals surface area contributed by atoms with Crippen LogP contribution < -0.4 is 10.2 Å². The number of ether oxygens (including phenoxy) is 1. The lowest BCUT2D eigenvalue weighted by Gasteiger charge is -2.33. The highest BCUT2D eigenvalue weighted by atomic mass is 16.6. The molecule has 0 bridgehead atoms. The van der Waals surface area contributed by atoms with Gasteiger partial charge in [-0.3, -0.25) is 9.59 Å². The highest BCUT2D eigenvalue weighted by Crippen LogP contribution is 2.16. The molecule has 152 valence electrons. The van der Waals surface area contributed by atoms with E-state index < -0.39 is 0 Å². The number of piperidine rings is 1. The van der Waals surface area contributed by atoms with Crippen LogP contribution in [0.25, 0.3) is 0 Å². The van der Waals surface area contributed by atoms with Crippen LogP contribution in [0, 0.1) is 0 Å². The molecule has 2 aliphatic rings. The van der Waals surface area contributed by atoms with Crippen molar-refractivity contribution >= 4 is 24.2 Å². The van der Waals surface area contributed by atoms with E-state index in [0.717, 1.165) is 12.2 Å². The van der Waals surface area contributed by atoms with E-state index in [9.17, 15) is 14.4 Å². The zero-order valence-corrected chi connectivity index (χ0v) is 16.2. The van der Waals surface area contributed by atoms with Gasteiger partial charge in [-0.1, -0.05) is 0 Å². The second kappa shape index (κ2) is 9.38. The first-order valence-corrected chi connectivity index (χ1v) is 9.73. The van der Waals surface area contributed by atoms with Crippen molar-refractivity contribution in [3.8, 4) is 0 Å². The van der Waals surface area contributed by atoms with Crippen molar-refractivity contribution in [2.24, 2.45) is 0 Å². The lowest BCUT2D eigenvalue weighted by atomic mass is 10.0. The van der Waals surface area contributed by atoms with Gasteiger partial charge in [-0.25, -0.2) is 9.78 Å². The van der Waals surface area contributed by atoms with Crippen molar-refractivity contribution in [3.63, 3.8) is 0 Å². The van der Waals surface area contributed by atoms with Gasteiger partial charge in [0.05, 0.1) is 6.61 Å². The number of amides is 3. The summed E-state index contributed by atoms with van der Waals surface area (Å²) in [5.74, 6) is 0.611. The summed E-state index contributed by atoms with van der Waals surface area (Å²) in [5, 5.41) is 3.05. The molecule has 0 saturated carbocycles. The van der Waals surface area contributed by atoms with Crippen molar-refractivity contribution in [2.75, 3.05) is 50.8 Å². The van der Waals surface area contributed by atoms with Crippen molar-refractivity contribution < 1.29 is 19.1 Å². The average Bonchev–Trinajstić information content (AvgIpc) is 2.74. The van der Waals surface area contributed by atoms with Crippen LogP contribution in [-0.2, 0) is 9.53 Å². The summed E-state index contributed by atoms with van der Waals surface area (Å²) < 4.78 is 5.02. The fourth-order valence-electron chi connectivity index (χ4n) is 3.48. The third-order valence-electron chi connectivity index (χ3n) is 5.15. The van der Waals surface area contributed by atoms with Gasteiger partial charge < -0.3 is 24.8 Å². The lowest BCUT2D eigenvalue weighted by Crippen LogP contribution is -2.47. The third kappa shape index (κ3) is 4.90. The molecule has 28 heavy (non-hydrogen) atoms. The zero-order chi connectivity index (χ0) is 19.9. The van der Waals surface area contributed by atoms with Crippen LogP contribution in [0.2, 0.25) is 0 Å². The van der Waals surface area contributed by atoms with Gasteiger partial charge in [0.15, 0.2) is 0 Å².